The van der Waals surface area contributed by atoms with Crippen LogP contribution in [0.3, 0.4) is 0 Å². The van der Waals surface area contributed by atoms with Gasteiger partial charge in [-0.25, -0.2) is 0 Å². The lowest BCUT2D eigenvalue weighted by atomic mass is 9.68. The molecule has 0 saturated heterocycles. The van der Waals surface area contributed by atoms with Crippen LogP contribution in [-0.2, 0) is 0 Å². The second-order valence-electron chi connectivity index (χ2n) is 5.85. The van der Waals surface area contributed by atoms with E-state index in [0.717, 1.165) is 11.8 Å². The standard InChI is InChI=1S/C15H22/c1-10-8-14(10)9-13-7-6-11(2)15(4,5)12(13)3/h6-7,9-11,14H,3,8H2,1-2,4-5H3. The molecule has 0 aromatic carbocycles. The van der Waals surface area contributed by atoms with Gasteiger partial charge in [-0.3, -0.25) is 0 Å². The maximum absolute atomic E-state index is 4.29. The van der Waals surface area contributed by atoms with Gasteiger partial charge in [0.2, 0.25) is 0 Å². The molecule has 1 fully saturated rings. The zero-order chi connectivity index (χ0) is 11.2. The van der Waals surface area contributed by atoms with Crippen LogP contribution in [0.1, 0.15) is 34.1 Å². The van der Waals surface area contributed by atoms with Crippen molar-refractivity contribution in [3.05, 3.63) is 36.0 Å². The molecule has 82 valence electrons. The number of rotatable bonds is 1. The van der Waals surface area contributed by atoms with Crippen LogP contribution < -0.4 is 0 Å². The lowest BCUT2D eigenvalue weighted by Gasteiger charge is -2.36. The molecule has 0 N–H and O–H groups in total. The summed E-state index contributed by atoms with van der Waals surface area (Å²) in [5, 5.41) is 0. The van der Waals surface area contributed by atoms with Crippen LogP contribution >= 0.6 is 0 Å². The van der Waals surface area contributed by atoms with Crippen molar-refractivity contribution in [1.82, 2.24) is 0 Å². The van der Waals surface area contributed by atoms with Gasteiger partial charge >= 0.3 is 0 Å². The third-order valence-corrected chi connectivity index (χ3v) is 4.39. The van der Waals surface area contributed by atoms with Crippen molar-refractivity contribution in [3.8, 4) is 0 Å². The number of allylic oxidation sites excluding steroid dienone is 5. The summed E-state index contributed by atoms with van der Waals surface area (Å²) in [5.41, 5.74) is 2.92. The van der Waals surface area contributed by atoms with E-state index in [1.165, 1.54) is 17.6 Å². The van der Waals surface area contributed by atoms with Crippen molar-refractivity contribution in [2.45, 2.75) is 34.1 Å². The Bertz CT molecular complexity index is 341. The van der Waals surface area contributed by atoms with Gasteiger partial charge in [-0.2, -0.15) is 0 Å². The quantitative estimate of drug-likeness (QED) is 0.592. The van der Waals surface area contributed by atoms with Gasteiger partial charge in [-0.05, 0) is 40.7 Å². The monoisotopic (exact) mass is 202 g/mol. The highest BCUT2D eigenvalue weighted by atomic mass is 14.4. The first kappa shape index (κ1) is 10.7. The van der Waals surface area contributed by atoms with E-state index >= 15 is 0 Å². The molecule has 0 aliphatic heterocycles. The van der Waals surface area contributed by atoms with E-state index in [0.29, 0.717) is 5.92 Å². The molecule has 0 spiro atoms. The molecule has 3 atom stereocenters. The van der Waals surface area contributed by atoms with Gasteiger partial charge in [0.25, 0.3) is 0 Å². The normalized spacial score (nSPS) is 40.9. The first-order valence-corrected chi connectivity index (χ1v) is 6.02. The predicted octanol–water partition coefficient (Wildman–Crippen LogP) is 4.36. The van der Waals surface area contributed by atoms with Gasteiger partial charge in [-0.15, -0.1) is 0 Å². The second-order valence-corrected chi connectivity index (χ2v) is 5.85. The van der Waals surface area contributed by atoms with E-state index in [2.05, 4.69) is 52.5 Å². The number of hydrogen-bond acceptors (Lipinski definition) is 0. The lowest BCUT2D eigenvalue weighted by molar-refractivity contribution is 0.342. The van der Waals surface area contributed by atoms with Crippen molar-refractivity contribution < 1.29 is 0 Å². The molecule has 1 saturated carbocycles. The highest BCUT2D eigenvalue weighted by molar-refractivity contribution is 5.46. The van der Waals surface area contributed by atoms with Crippen LogP contribution in [0.2, 0.25) is 0 Å². The summed E-state index contributed by atoms with van der Waals surface area (Å²) in [7, 11) is 0. The Balaban J connectivity index is 2.25. The Morgan fingerprint density at radius 1 is 1.40 bits per heavy atom. The van der Waals surface area contributed by atoms with Gasteiger partial charge < -0.3 is 0 Å². The van der Waals surface area contributed by atoms with Crippen molar-refractivity contribution in [1.29, 1.82) is 0 Å². The molecule has 2 rings (SSSR count). The van der Waals surface area contributed by atoms with Gasteiger partial charge in [0.1, 0.15) is 0 Å². The molecule has 2 aliphatic rings. The summed E-state index contributed by atoms with van der Waals surface area (Å²) in [6, 6.07) is 0. The van der Waals surface area contributed by atoms with Crippen LogP contribution in [-0.4, -0.2) is 0 Å². The first-order chi connectivity index (χ1) is 6.93. The largest absolute Gasteiger partial charge is 0.0947 e. The Labute approximate surface area is 93.8 Å². The van der Waals surface area contributed by atoms with E-state index in [1.54, 1.807) is 0 Å². The first-order valence-electron chi connectivity index (χ1n) is 6.02. The van der Waals surface area contributed by atoms with Crippen molar-refractivity contribution in [2.24, 2.45) is 23.2 Å². The van der Waals surface area contributed by atoms with Gasteiger partial charge in [0.05, 0.1) is 0 Å². The SMILES string of the molecule is C=C1C(=CC2CC2C)C=CC(C)C1(C)C. The summed E-state index contributed by atoms with van der Waals surface area (Å²) in [4.78, 5) is 0. The van der Waals surface area contributed by atoms with Crippen LogP contribution in [0.25, 0.3) is 0 Å². The summed E-state index contributed by atoms with van der Waals surface area (Å²) < 4.78 is 0. The van der Waals surface area contributed by atoms with Gasteiger partial charge in [0, 0.05) is 0 Å². The van der Waals surface area contributed by atoms with Crippen LogP contribution in [0.5, 0.6) is 0 Å². The summed E-state index contributed by atoms with van der Waals surface area (Å²) in [6.45, 7) is 13.5. The molecule has 0 aromatic heterocycles. The highest BCUT2D eigenvalue weighted by Gasteiger charge is 2.35. The van der Waals surface area contributed by atoms with E-state index in [1.807, 2.05) is 0 Å². The molecule has 0 aromatic rings. The molecule has 0 nitrogen and oxygen atoms in total. The van der Waals surface area contributed by atoms with Crippen molar-refractivity contribution >= 4 is 0 Å². The third kappa shape index (κ3) is 1.82. The van der Waals surface area contributed by atoms with Crippen molar-refractivity contribution in [3.63, 3.8) is 0 Å². The van der Waals surface area contributed by atoms with Crippen LogP contribution in [0, 0.1) is 23.2 Å². The fourth-order valence-corrected chi connectivity index (χ4v) is 2.21. The minimum Gasteiger partial charge on any atom is -0.0947 e. The van der Waals surface area contributed by atoms with E-state index in [9.17, 15) is 0 Å². The smallest absolute Gasteiger partial charge is 0.00434 e. The molecule has 0 bridgehead atoms. The molecular weight excluding hydrogens is 180 g/mol. The molecule has 3 unspecified atom stereocenters. The molecular formula is C15H22. The second kappa shape index (κ2) is 3.37. The Hall–Kier alpha value is -0.780. The Morgan fingerprint density at radius 3 is 2.53 bits per heavy atom. The topological polar surface area (TPSA) is 0 Å². The summed E-state index contributed by atoms with van der Waals surface area (Å²) >= 11 is 0. The molecule has 0 heterocycles. The summed E-state index contributed by atoms with van der Waals surface area (Å²) in [5.74, 6) is 2.30. The van der Waals surface area contributed by atoms with Gasteiger partial charge in [-0.1, -0.05) is 52.5 Å². The zero-order valence-electron chi connectivity index (χ0n) is 10.4. The van der Waals surface area contributed by atoms with E-state index < -0.39 is 0 Å². The van der Waals surface area contributed by atoms with Crippen LogP contribution in [0.15, 0.2) is 36.0 Å². The number of hydrogen-bond donors (Lipinski definition) is 0. The summed E-state index contributed by atoms with van der Waals surface area (Å²) in [6.07, 6.45) is 8.38. The molecule has 2 aliphatic carbocycles. The minimum atomic E-state index is 0.221. The minimum absolute atomic E-state index is 0.221. The average Bonchev–Trinajstić information content (AvgIpc) is 2.85. The Kier molecular flexibility index (Phi) is 2.41. The predicted molar refractivity (Wildman–Crippen MR) is 66.6 cm³/mol. The highest BCUT2D eigenvalue weighted by Crippen LogP contribution is 2.46. The lowest BCUT2D eigenvalue weighted by Crippen LogP contribution is -2.26. The molecule has 0 heteroatoms. The maximum atomic E-state index is 4.29. The van der Waals surface area contributed by atoms with Gasteiger partial charge in [0.15, 0.2) is 0 Å². The molecule has 0 amide bonds. The fourth-order valence-electron chi connectivity index (χ4n) is 2.21. The molecule has 0 radical (unpaired) electrons. The molecule has 15 heavy (non-hydrogen) atoms. The van der Waals surface area contributed by atoms with E-state index in [4.69, 9.17) is 0 Å². The average molecular weight is 202 g/mol. The third-order valence-electron chi connectivity index (χ3n) is 4.39. The van der Waals surface area contributed by atoms with Crippen molar-refractivity contribution in [2.75, 3.05) is 0 Å². The fraction of sp³-hybridized carbons (Fsp3) is 0.600. The zero-order valence-corrected chi connectivity index (χ0v) is 10.4. The van der Waals surface area contributed by atoms with E-state index in [-0.39, 0.29) is 5.41 Å². The van der Waals surface area contributed by atoms with Crippen LogP contribution in [0.4, 0.5) is 0 Å². The maximum Gasteiger partial charge on any atom is -0.00434 e. The Morgan fingerprint density at radius 2 is 2.00 bits per heavy atom.